The number of pyridine rings is 1. The van der Waals surface area contributed by atoms with Crippen molar-refractivity contribution in [2.24, 2.45) is 5.92 Å². The Labute approximate surface area is 263 Å². The molecule has 1 fully saturated rings. The molecule has 0 aliphatic heterocycles. The summed E-state index contributed by atoms with van der Waals surface area (Å²) in [4.78, 5) is 44.1. The number of fused-ring (bicyclic) bond motifs is 1. The smallest absolute Gasteiger partial charge is 0.333 e. The summed E-state index contributed by atoms with van der Waals surface area (Å²) in [6.45, 7) is 3.23. The number of benzene rings is 1. The van der Waals surface area contributed by atoms with Crippen LogP contribution in [-0.4, -0.2) is 45.4 Å². The van der Waals surface area contributed by atoms with E-state index in [1.807, 2.05) is 61.0 Å². The maximum Gasteiger partial charge on any atom is 0.333 e. The minimum absolute atomic E-state index is 0.0634. The number of carbonyl (C=O) groups is 2. The van der Waals surface area contributed by atoms with Crippen molar-refractivity contribution in [2.75, 3.05) is 13.6 Å². The van der Waals surface area contributed by atoms with Crippen molar-refractivity contribution < 1.29 is 9.59 Å². The van der Waals surface area contributed by atoms with E-state index in [4.69, 9.17) is 11.6 Å². The molecule has 0 spiro atoms. The first kappa shape index (κ1) is 31.7. The minimum Gasteiger partial charge on any atom is -0.349 e. The number of carbonyl (C=O) groups excluding carboxylic acids is 2. The highest BCUT2D eigenvalue weighted by molar-refractivity contribution is 6.30. The van der Waals surface area contributed by atoms with E-state index in [0.29, 0.717) is 35.2 Å². The molecular weight excluding hydrogens is 574 g/mol. The predicted octanol–water partition coefficient (Wildman–Crippen LogP) is 6.22. The number of imidazole rings is 1. The Morgan fingerprint density at radius 1 is 1.05 bits per heavy atom. The fraction of sp³-hybridized carbons (Fsp3) is 0.429. The molecule has 0 atom stereocenters. The van der Waals surface area contributed by atoms with E-state index in [0.717, 1.165) is 80.2 Å². The first-order valence-electron chi connectivity index (χ1n) is 15.8. The summed E-state index contributed by atoms with van der Waals surface area (Å²) in [7, 11) is 1.89. The zero-order valence-electron chi connectivity index (χ0n) is 25.7. The molecule has 44 heavy (non-hydrogen) atoms. The van der Waals surface area contributed by atoms with Crippen molar-refractivity contribution >= 4 is 40.0 Å². The summed E-state index contributed by atoms with van der Waals surface area (Å²) in [5, 5.41) is 6.70. The summed E-state index contributed by atoms with van der Waals surface area (Å²) < 4.78 is 3.70. The van der Waals surface area contributed by atoms with Crippen LogP contribution in [-0.2, 0) is 11.3 Å². The van der Waals surface area contributed by atoms with Crippen LogP contribution in [0.4, 0.5) is 0 Å². The summed E-state index contributed by atoms with van der Waals surface area (Å²) in [6, 6.07) is 9.68. The van der Waals surface area contributed by atoms with Crippen molar-refractivity contribution in [3.8, 4) is 0 Å². The number of aromatic nitrogens is 3. The van der Waals surface area contributed by atoms with Crippen molar-refractivity contribution in [1.29, 1.82) is 0 Å². The first-order chi connectivity index (χ1) is 21.4. The lowest BCUT2D eigenvalue weighted by atomic mass is 9.85. The average Bonchev–Trinajstić information content (AvgIpc) is 3.36. The second-order valence-electron chi connectivity index (χ2n) is 11.9. The Kier molecular flexibility index (Phi) is 10.7. The monoisotopic (exact) mass is 615 g/mol. The highest BCUT2D eigenvalue weighted by Gasteiger charge is 2.26. The quantitative estimate of drug-likeness (QED) is 0.264. The molecule has 0 bridgehead atoms. The van der Waals surface area contributed by atoms with Gasteiger partial charge in [-0.3, -0.25) is 23.7 Å². The SMILES string of the molecule is CNCCCC(=O)C1=C\CCC/C=C(n2c(=O)n(C[C@H]3CC[C@H](NC(=O)c4cc(Cl)cnc4C)CC3)c3ccccc32)/C=C\1. The number of aryl methyl sites for hydroxylation is 1. The molecule has 9 heteroatoms. The fourth-order valence-corrected chi connectivity index (χ4v) is 6.42. The number of hydrogen-bond acceptors (Lipinski definition) is 5. The number of allylic oxidation sites excluding steroid dienone is 6. The molecule has 5 rings (SSSR count). The molecular formula is C35H42ClN5O3. The molecule has 3 aromatic rings. The normalized spacial score (nSPS) is 22.2. The first-order valence-corrected chi connectivity index (χ1v) is 16.1. The van der Waals surface area contributed by atoms with E-state index in [2.05, 4.69) is 21.7 Å². The van der Waals surface area contributed by atoms with Crippen LogP contribution in [0.5, 0.6) is 0 Å². The number of nitrogens with one attached hydrogen (secondary N) is 2. The molecule has 0 unspecified atom stereocenters. The van der Waals surface area contributed by atoms with Crippen LogP contribution in [0.3, 0.4) is 0 Å². The molecule has 2 aliphatic carbocycles. The van der Waals surface area contributed by atoms with Crippen LogP contribution in [0.15, 0.2) is 71.2 Å². The van der Waals surface area contributed by atoms with E-state index in [1.165, 1.54) is 0 Å². The van der Waals surface area contributed by atoms with Crippen molar-refractivity contribution in [3.05, 3.63) is 93.2 Å². The zero-order chi connectivity index (χ0) is 31.1. The van der Waals surface area contributed by atoms with Crippen LogP contribution >= 0.6 is 11.6 Å². The van der Waals surface area contributed by atoms with Crippen molar-refractivity contribution in [2.45, 2.75) is 77.3 Å². The van der Waals surface area contributed by atoms with Crippen LogP contribution in [0, 0.1) is 12.8 Å². The largest absolute Gasteiger partial charge is 0.349 e. The van der Waals surface area contributed by atoms with E-state index >= 15 is 0 Å². The van der Waals surface area contributed by atoms with Gasteiger partial charge >= 0.3 is 5.69 Å². The predicted molar refractivity (Wildman–Crippen MR) is 177 cm³/mol. The van der Waals surface area contributed by atoms with Crippen LogP contribution in [0.1, 0.15) is 73.8 Å². The molecule has 0 radical (unpaired) electrons. The number of Topliss-reactive ketones (excluding diaryl/α,β-unsaturated/α-hetero) is 1. The highest BCUT2D eigenvalue weighted by Crippen LogP contribution is 2.28. The second-order valence-corrected chi connectivity index (χ2v) is 12.3. The maximum absolute atomic E-state index is 14.1. The number of halogens is 1. The van der Waals surface area contributed by atoms with Crippen molar-refractivity contribution in [3.63, 3.8) is 0 Å². The topological polar surface area (TPSA) is 98.0 Å². The number of nitrogens with zero attached hydrogens (tertiary/aromatic N) is 3. The number of ketones is 1. The van der Waals surface area contributed by atoms with Gasteiger partial charge in [0.15, 0.2) is 5.78 Å². The molecule has 2 aromatic heterocycles. The van der Waals surface area contributed by atoms with Gasteiger partial charge in [-0.1, -0.05) is 35.9 Å². The Hall–Kier alpha value is -3.75. The molecule has 1 saturated carbocycles. The van der Waals surface area contributed by atoms with Crippen LogP contribution < -0.4 is 16.3 Å². The van der Waals surface area contributed by atoms with Gasteiger partial charge in [0.2, 0.25) is 0 Å². The van der Waals surface area contributed by atoms with Crippen LogP contribution in [0.2, 0.25) is 5.02 Å². The van der Waals surface area contributed by atoms with E-state index in [-0.39, 0.29) is 23.4 Å². The van der Waals surface area contributed by atoms with Gasteiger partial charge in [0.1, 0.15) is 0 Å². The van der Waals surface area contributed by atoms with E-state index in [9.17, 15) is 14.4 Å². The molecule has 2 heterocycles. The Morgan fingerprint density at radius 2 is 1.80 bits per heavy atom. The lowest BCUT2D eigenvalue weighted by Crippen LogP contribution is -2.39. The molecule has 2 N–H and O–H groups in total. The zero-order valence-corrected chi connectivity index (χ0v) is 26.4. The number of rotatable bonds is 10. The van der Waals surface area contributed by atoms with Crippen molar-refractivity contribution in [1.82, 2.24) is 24.8 Å². The third-order valence-corrected chi connectivity index (χ3v) is 8.93. The molecule has 1 aromatic carbocycles. The number of para-hydroxylation sites is 2. The Balaban J connectivity index is 1.31. The number of hydrogen-bond donors (Lipinski definition) is 2. The lowest BCUT2D eigenvalue weighted by molar-refractivity contribution is -0.115. The summed E-state index contributed by atoms with van der Waals surface area (Å²) in [6.07, 6.45) is 16.9. The fourth-order valence-electron chi connectivity index (χ4n) is 6.26. The molecule has 1 amide bonds. The van der Waals surface area contributed by atoms with Gasteiger partial charge in [-0.25, -0.2) is 4.79 Å². The highest BCUT2D eigenvalue weighted by atomic mass is 35.5. The Morgan fingerprint density at radius 3 is 2.57 bits per heavy atom. The third-order valence-electron chi connectivity index (χ3n) is 8.73. The summed E-state index contributed by atoms with van der Waals surface area (Å²) >= 11 is 6.07. The minimum atomic E-state index is -0.144. The summed E-state index contributed by atoms with van der Waals surface area (Å²) in [5.41, 5.74) is 4.40. The van der Waals surface area contributed by atoms with Gasteiger partial charge in [0.25, 0.3) is 5.91 Å². The van der Waals surface area contributed by atoms with Gasteiger partial charge in [0, 0.05) is 36.5 Å². The number of amides is 1. The van der Waals surface area contributed by atoms with E-state index < -0.39 is 0 Å². The maximum atomic E-state index is 14.1. The van der Waals surface area contributed by atoms with Gasteiger partial charge in [-0.05, 0) is 108 Å². The van der Waals surface area contributed by atoms with Gasteiger partial charge in [-0.2, -0.15) is 0 Å². The van der Waals surface area contributed by atoms with Gasteiger partial charge in [0.05, 0.1) is 27.3 Å². The Bertz CT molecular complexity index is 1660. The third kappa shape index (κ3) is 7.48. The molecule has 2 aliphatic rings. The standard InChI is InChI=1S/C35H42ClN5O3/c1-24-30(21-27(36)22-38-24)34(43)39-28-17-14-25(15-18-28)23-40-31-11-6-7-12-32(31)41(35(40)44)29-10-5-3-4-9-26(16-19-29)33(42)13-8-20-37-2/h6-7,9-12,16,19,21-22,25,28,37H,3-5,8,13-15,17-18,20,23H2,1-2H3,(H,39,43)/b19-16-,26-9-,29-10-/t25-,28-. The molecule has 8 nitrogen and oxygen atoms in total. The summed E-state index contributed by atoms with van der Waals surface area (Å²) in [5.74, 6) is 0.317. The molecule has 0 saturated heterocycles. The van der Waals surface area contributed by atoms with E-state index in [1.54, 1.807) is 16.8 Å². The van der Waals surface area contributed by atoms with Crippen LogP contribution in [0.25, 0.3) is 16.7 Å². The molecule has 232 valence electrons. The van der Waals surface area contributed by atoms with Gasteiger partial charge < -0.3 is 10.6 Å². The second kappa shape index (κ2) is 14.8. The lowest BCUT2D eigenvalue weighted by Gasteiger charge is -2.29. The van der Waals surface area contributed by atoms with Gasteiger partial charge in [-0.15, -0.1) is 0 Å². The average molecular weight is 616 g/mol.